The van der Waals surface area contributed by atoms with E-state index in [0.29, 0.717) is 0 Å². The Morgan fingerprint density at radius 2 is 1.92 bits per heavy atom. The Kier molecular flexibility index (Phi) is 5.19. The van der Waals surface area contributed by atoms with E-state index in [1.54, 1.807) is 0 Å². The van der Waals surface area contributed by atoms with Crippen molar-refractivity contribution in [1.82, 2.24) is 0 Å². The Morgan fingerprint density at radius 3 is 2.54 bits per heavy atom. The summed E-state index contributed by atoms with van der Waals surface area (Å²) >= 11 is 0. The molecule has 0 N–H and O–H groups in total. The second-order valence-electron chi connectivity index (χ2n) is 4.55. The van der Waals surface area contributed by atoms with Crippen LogP contribution in [0.2, 0.25) is 0 Å². The second kappa shape index (κ2) is 6.23. The summed E-state index contributed by atoms with van der Waals surface area (Å²) in [5, 5.41) is 0. The molecule has 13 heavy (non-hydrogen) atoms. The topological polar surface area (TPSA) is 0 Å². The van der Waals surface area contributed by atoms with E-state index in [2.05, 4.69) is 26.0 Å². The van der Waals surface area contributed by atoms with Crippen LogP contribution in [0.3, 0.4) is 0 Å². The van der Waals surface area contributed by atoms with Crippen molar-refractivity contribution in [2.75, 3.05) is 0 Å². The molecule has 1 aliphatic carbocycles. The predicted molar refractivity (Wildman–Crippen MR) is 59.8 cm³/mol. The lowest BCUT2D eigenvalue weighted by atomic mass is 9.83. The normalized spacial score (nSPS) is 22.3. The van der Waals surface area contributed by atoms with Crippen LogP contribution in [0, 0.1) is 11.8 Å². The summed E-state index contributed by atoms with van der Waals surface area (Å²) in [5.41, 5.74) is 0. The lowest BCUT2D eigenvalue weighted by Gasteiger charge is -2.23. The molecule has 0 spiro atoms. The van der Waals surface area contributed by atoms with Gasteiger partial charge in [-0.1, -0.05) is 58.1 Å². The lowest BCUT2D eigenvalue weighted by Crippen LogP contribution is -2.09. The Hall–Kier alpha value is -0.260. The maximum Gasteiger partial charge on any atom is -0.0259 e. The quantitative estimate of drug-likeness (QED) is 0.556. The molecule has 0 nitrogen and oxygen atoms in total. The van der Waals surface area contributed by atoms with Gasteiger partial charge in [-0.15, -0.1) is 0 Å². The average Bonchev–Trinajstić information content (AvgIpc) is 2.16. The van der Waals surface area contributed by atoms with Crippen molar-refractivity contribution < 1.29 is 0 Å². The standard InChI is InChI=1S/C13H24/c1-3-4-8-12(2)11-13-9-6-5-7-10-13/h4,8,12-13H,3,5-7,9-11H2,1-2H3. The smallest absolute Gasteiger partial charge is 0.0259 e. The molecule has 1 fully saturated rings. The monoisotopic (exact) mass is 180 g/mol. The number of hydrogen-bond acceptors (Lipinski definition) is 0. The molecule has 1 atom stereocenters. The zero-order valence-corrected chi connectivity index (χ0v) is 9.26. The zero-order valence-electron chi connectivity index (χ0n) is 9.26. The van der Waals surface area contributed by atoms with Crippen molar-refractivity contribution in [3.63, 3.8) is 0 Å². The van der Waals surface area contributed by atoms with Gasteiger partial charge in [-0.05, 0) is 24.7 Å². The maximum absolute atomic E-state index is 2.40. The van der Waals surface area contributed by atoms with Crippen LogP contribution in [-0.2, 0) is 0 Å². The van der Waals surface area contributed by atoms with Gasteiger partial charge >= 0.3 is 0 Å². The molecule has 1 saturated carbocycles. The van der Waals surface area contributed by atoms with E-state index < -0.39 is 0 Å². The zero-order chi connectivity index (χ0) is 9.52. The number of allylic oxidation sites excluding steroid dienone is 2. The van der Waals surface area contributed by atoms with Gasteiger partial charge in [-0.25, -0.2) is 0 Å². The minimum atomic E-state index is 0.808. The Morgan fingerprint density at radius 1 is 1.23 bits per heavy atom. The molecular formula is C13H24. The first-order valence-electron chi connectivity index (χ1n) is 5.99. The first-order chi connectivity index (χ1) is 6.33. The lowest BCUT2D eigenvalue weighted by molar-refractivity contribution is 0.315. The second-order valence-corrected chi connectivity index (χ2v) is 4.55. The summed E-state index contributed by atoms with van der Waals surface area (Å²) < 4.78 is 0. The Labute approximate surface area is 83.4 Å². The van der Waals surface area contributed by atoms with Crippen LogP contribution >= 0.6 is 0 Å². The van der Waals surface area contributed by atoms with Crippen molar-refractivity contribution in [1.29, 1.82) is 0 Å². The van der Waals surface area contributed by atoms with Gasteiger partial charge < -0.3 is 0 Å². The molecule has 0 aromatic rings. The van der Waals surface area contributed by atoms with Crippen LogP contribution in [0.4, 0.5) is 0 Å². The van der Waals surface area contributed by atoms with Gasteiger partial charge in [0.1, 0.15) is 0 Å². The van der Waals surface area contributed by atoms with E-state index in [9.17, 15) is 0 Å². The molecule has 1 unspecified atom stereocenters. The van der Waals surface area contributed by atoms with E-state index in [0.717, 1.165) is 11.8 Å². The van der Waals surface area contributed by atoms with Crippen molar-refractivity contribution in [3.05, 3.63) is 12.2 Å². The summed E-state index contributed by atoms with van der Waals surface area (Å²) in [6.07, 6.45) is 14.8. The van der Waals surface area contributed by atoms with Gasteiger partial charge in [-0.3, -0.25) is 0 Å². The van der Waals surface area contributed by atoms with Crippen LogP contribution in [-0.4, -0.2) is 0 Å². The number of rotatable bonds is 4. The van der Waals surface area contributed by atoms with Crippen molar-refractivity contribution in [3.8, 4) is 0 Å². The molecule has 0 heteroatoms. The van der Waals surface area contributed by atoms with E-state index in [-0.39, 0.29) is 0 Å². The van der Waals surface area contributed by atoms with E-state index in [1.165, 1.54) is 44.9 Å². The van der Waals surface area contributed by atoms with E-state index >= 15 is 0 Å². The molecule has 1 rings (SSSR count). The molecule has 0 heterocycles. The largest absolute Gasteiger partial charge is 0.0885 e. The number of hydrogen-bond donors (Lipinski definition) is 0. The molecule has 0 amide bonds. The fourth-order valence-electron chi connectivity index (χ4n) is 2.40. The average molecular weight is 180 g/mol. The van der Waals surface area contributed by atoms with Crippen LogP contribution in [0.1, 0.15) is 58.8 Å². The van der Waals surface area contributed by atoms with Crippen molar-refractivity contribution >= 4 is 0 Å². The summed E-state index contributed by atoms with van der Waals surface area (Å²) in [6, 6.07) is 0. The minimum absolute atomic E-state index is 0.808. The summed E-state index contributed by atoms with van der Waals surface area (Å²) in [5.74, 6) is 1.84. The molecule has 0 aromatic carbocycles. The highest BCUT2D eigenvalue weighted by Gasteiger charge is 2.14. The van der Waals surface area contributed by atoms with Gasteiger partial charge in [0.15, 0.2) is 0 Å². The molecule has 0 aliphatic heterocycles. The summed E-state index contributed by atoms with van der Waals surface area (Å²) in [6.45, 7) is 4.57. The van der Waals surface area contributed by atoms with E-state index in [1.807, 2.05) is 0 Å². The van der Waals surface area contributed by atoms with E-state index in [4.69, 9.17) is 0 Å². The Bertz CT molecular complexity index is 140. The molecular weight excluding hydrogens is 156 g/mol. The molecule has 0 aromatic heterocycles. The van der Waals surface area contributed by atoms with Crippen molar-refractivity contribution in [2.24, 2.45) is 11.8 Å². The summed E-state index contributed by atoms with van der Waals surface area (Å²) in [4.78, 5) is 0. The third kappa shape index (κ3) is 4.50. The van der Waals surface area contributed by atoms with Gasteiger partial charge in [-0.2, -0.15) is 0 Å². The SMILES string of the molecule is CCC=CC(C)CC1CCCCC1. The van der Waals surface area contributed by atoms with Gasteiger partial charge in [0.05, 0.1) is 0 Å². The van der Waals surface area contributed by atoms with Gasteiger partial charge in [0, 0.05) is 0 Å². The highest BCUT2D eigenvalue weighted by molar-refractivity contribution is 4.86. The maximum atomic E-state index is 2.40. The molecule has 0 saturated heterocycles. The molecule has 0 radical (unpaired) electrons. The molecule has 76 valence electrons. The van der Waals surface area contributed by atoms with Gasteiger partial charge in [0.25, 0.3) is 0 Å². The third-order valence-corrected chi connectivity index (χ3v) is 3.13. The molecule has 1 aliphatic rings. The molecule has 0 bridgehead atoms. The highest BCUT2D eigenvalue weighted by Crippen LogP contribution is 2.29. The van der Waals surface area contributed by atoms with Crippen LogP contribution in [0.5, 0.6) is 0 Å². The van der Waals surface area contributed by atoms with Crippen LogP contribution < -0.4 is 0 Å². The van der Waals surface area contributed by atoms with Crippen molar-refractivity contribution in [2.45, 2.75) is 58.8 Å². The highest BCUT2D eigenvalue weighted by atomic mass is 14.2. The first kappa shape index (κ1) is 10.8. The van der Waals surface area contributed by atoms with Gasteiger partial charge in [0.2, 0.25) is 0 Å². The van der Waals surface area contributed by atoms with Crippen LogP contribution in [0.25, 0.3) is 0 Å². The van der Waals surface area contributed by atoms with Crippen LogP contribution in [0.15, 0.2) is 12.2 Å². The Balaban J connectivity index is 2.18. The fraction of sp³-hybridized carbons (Fsp3) is 0.846. The first-order valence-corrected chi connectivity index (χ1v) is 5.99. The predicted octanol–water partition coefficient (Wildman–Crippen LogP) is 4.56. The summed E-state index contributed by atoms with van der Waals surface area (Å²) in [7, 11) is 0. The minimum Gasteiger partial charge on any atom is -0.0885 e. The fourth-order valence-corrected chi connectivity index (χ4v) is 2.40. The third-order valence-electron chi connectivity index (χ3n) is 3.13.